The van der Waals surface area contributed by atoms with Crippen molar-refractivity contribution in [3.05, 3.63) is 23.3 Å². The largest absolute Gasteiger partial charge is 0.493 e. The maximum atomic E-state index is 11.7. The molecule has 21 heavy (non-hydrogen) atoms. The molecular weight excluding hydrogens is 314 g/mol. The molecule has 6 nitrogen and oxygen atoms in total. The van der Waals surface area contributed by atoms with Crippen molar-refractivity contribution in [3.63, 3.8) is 0 Å². The summed E-state index contributed by atoms with van der Waals surface area (Å²) in [6, 6.07) is 3.07. The second-order valence-electron chi connectivity index (χ2n) is 5.20. The average Bonchev–Trinajstić information content (AvgIpc) is 2.25. The first-order chi connectivity index (χ1) is 9.45. The van der Waals surface area contributed by atoms with Crippen LogP contribution in [0.2, 0.25) is 0 Å². The molecule has 1 rings (SSSR count). The first kappa shape index (κ1) is 17.9. The van der Waals surface area contributed by atoms with Crippen molar-refractivity contribution in [3.8, 4) is 5.75 Å². The van der Waals surface area contributed by atoms with Crippen molar-refractivity contribution in [1.29, 1.82) is 0 Å². The summed E-state index contributed by atoms with van der Waals surface area (Å²) < 4.78 is 51.7. The van der Waals surface area contributed by atoms with E-state index in [9.17, 15) is 16.8 Å². The summed E-state index contributed by atoms with van der Waals surface area (Å²) in [5.74, 6) is 0.344. The van der Waals surface area contributed by atoms with Crippen LogP contribution in [0.25, 0.3) is 0 Å². The third kappa shape index (κ3) is 4.69. The predicted octanol–water partition coefficient (Wildman–Crippen LogP) is 1.15. The van der Waals surface area contributed by atoms with Crippen molar-refractivity contribution in [1.82, 2.24) is 0 Å². The van der Waals surface area contributed by atoms with Crippen LogP contribution in [-0.4, -0.2) is 34.4 Å². The third-order valence-electron chi connectivity index (χ3n) is 3.07. The molecule has 0 spiro atoms. The number of hydrogen-bond acceptors (Lipinski definition) is 5. The highest BCUT2D eigenvalue weighted by atomic mass is 32.2. The van der Waals surface area contributed by atoms with Crippen LogP contribution in [0, 0.1) is 13.8 Å². The Bertz CT molecular complexity index is 698. The molecule has 120 valence electrons. The zero-order valence-corrected chi connectivity index (χ0v) is 14.2. The normalized spacial score (nSPS) is 12.7. The highest BCUT2D eigenvalue weighted by molar-refractivity contribution is 7.92. The van der Waals surface area contributed by atoms with Gasteiger partial charge in [0.15, 0.2) is 9.84 Å². The van der Waals surface area contributed by atoms with Crippen LogP contribution in [0.5, 0.6) is 5.75 Å². The number of aryl methyl sites for hydroxylation is 2. The quantitative estimate of drug-likeness (QED) is 0.840. The molecule has 0 aromatic heterocycles. The predicted molar refractivity (Wildman–Crippen MR) is 81.7 cm³/mol. The Kier molecular flexibility index (Phi) is 5.40. The van der Waals surface area contributed by atoms with Crippen LogP contribution >= 0.6 is 0 Å². The molecule has 1 aromatic rings. The van der Waals surface area contributed by atoms with Crippen molar-refractivity contribution in [2.45, 2.75) is 37.8 Å². The summed E-state index contributed by atoms with van der Waals surface area (Å²) in [4.78, 5) is 0.0738. The Morgan fingerprint density at radius 1 is 1.10 bits per heavy atom. The molecule has 2 N–H and O–H groups in total. The number of sulfone groups is 1. The molecule has 0 saturated heterocycles. The zero-order valence-electron chi connectivity index (χ0n) is 12.6. The lowest BCUT2D eigenvalue weighted by Crippen LogP contribution is -2.22. The molecule has 0 fully saturated rings. The lowest BCUT2D eigenvalue weighted by molar-refractivity contribution is 0.340. The van der Waals surface area contributed by atoms with Crippen LogP contribution in [-0.2, 0) is 19.9 Å². The fourth-order valence-electron chi connectivity index (χ4n) is 1.95. The molecule has 0 atom stereocenters. The summed E-state index contributed by atoms with van der Waals surface area (Å²) in [6.07, 6.45) is 0. The topological polar surface area (TPSA) is 104 Å². The van der Waals surface area contributed by atoms with Crippen LogP contribution in [0.3, 0.4) is 0 Å². The second-order valence-corrected chi connectivity index (χ2v) is 9.37. The molecule has 8 heteroatoms. The van der Waals surface area contributed by atoms with E-state index >= 15 is 0 Å². The van der Waals surface area contributed by atoms with Gasteiger partial charge in [-0.1, -0.05) is 0 Å². The molecule has 0 unspecified atom stereocenters. The van der Waals surface area contributed by atoms with Crippen molar-refractivity contribution in [2.75, 3.05) is 12.4 Å². The fraction of sp³-hybridized carbons (Fsp3) is 0.538. The van der Waals surface area contributed by atoms with Crippen molar-refractivity contribution >= 4 is 19.9 Å². The molecule has 0 heterocycles. The summed E-state index contributed by atoms with van der Waals surface area (Å²) in [5.41, 5.74) is 0.943. The first-order valence-corrected chi connectivity index (χ1v) is 9.69. The molecule has 0 radical (unpaired) electrons. The Morgan fingerprint density at radius 2 is 1.57 bits per heavy atom. The summed E-state index contributed by atoms with van der Waals surface area (Å²) in [5, 5.41) is 4.70. The Balaban J connectivity index is 2.89. The smallest absolute Gasteiger partial charge is 0.238 e. The highest BCUT2D eigenvalue weighted by Gasteiger charge is 2.18. The Hall–Kier alpha value is -1.12. The summed E-state index contributed by atoms with van der Waals surface area (Å²) in [7, 11) is -6.95. The number of rotatable bonds is 6. The van der Waals surface area contributed by atoms with E-state index in [4.69, 9.17) is 9.88 Å². The van der Waals surface area contributed by atoms with Crippen LogP contribution in [0.1, 0.15) is 25.0 Å². The van der Waals surface area contributed by atoms with Gasteiger partial charge in [0.1, 0.15) is 12.4 Å². The van der Waals surface area contributed by atoms with E-state index in [1.54, 1.807) is 27.7 Å². The van der Waals surface area contributed by atoms with Gasteiger partial charge in [0.25, 0.3) is 0 Å². The van der Waals surface area contributed by atoms with Gasteiger partial charge in [-0.2, -0.15) is 0 Å². The van der Waals surface area contributed by atoms with E-state index in [2.05, 4.69) is 0 Å². The lowest BCUT2D eigenvalue weighted by atomic mass is 10.1. The zero-order chi connectivity index (χ0) is 16.4. The summed E-state index contributed by atoms with van der Waals surface area (Å²) >= 11 is 0. The number of ether oxygens (including phenoxy) is 1. The molecule has 0 aliphatic carbocycles. The van der Waals surface area contributed by atoms with Crippen molar-refractivity contribution in [2.24, 2.45) is 5.14 Å². The standard InChI is InChI=1S/C13H21NO5S2/c1-9(2)20(15,16)6-5-19-12-7-10(3)13(11(4)8-12)21(14,17)18/h7-9H,5-6H2,1-4H3,(H2,14,17,18). The van der Waals surface area contributed by atoms with Gasteiger partial charge in [0.2, 0.25) is 10.0 Å². The minimum Gasteiger partial charge on any atom is -0.493 e. The van der Waals surface area contributed by atoms with Gasteiger partial charge < -0.3 is 4.74 Å². The molecule has 1 aromatic carbocycles. The lowest BCUT2D eigenvalue weighted by Gasteiger charge is -2.13. The molecule has 0 aliphatic heterocycles. The van der Waals surface area contributed by atoms with E-state index < -0.39 is 25.1 Å². The number of primary sulfonamides is 1. The molecule has 0 aliphatic rings. The SMILES string of the molecule is Cc1cc(OCCS(=O)(=O)C(C)C)cc(C)c1S(N)(=O)=O. The molecule has 0 bridgehead atoms. The maximum Gasteiger partial charge on any atom is 0.238 e. The van der Waals surface area contributed by atoms with Crippen LogP contribution in [0.4, 0.5) is 0 Å². The van der Waals surface area contributed by atoms with E-state index in [-0.39, 0.29) is 17.3 Å². The van der Waals surface area contributed by atoms with E-state index in [1.165, 1.54) is 12.1 Å². The van der Waals surface area contributed by atoms with E-state index in [1.807, 2.05) is 0 Å². The maximum absolute atomic E-state index is 11.7. The number of sulfonamides is 1. The van der Waals surface area contributed by atoms with Gasteiger partial charge in [-0.15, -0.1) is 0 Å². The van der Waals surface area contributed by atoms with Gasteiger partial charge >= 0.3 is 0 Å². The molecular formula is C13H21NO5S2. The molecule has 0 saturated carbocycles. The second kappa shape index (κ2) is 6.33. The number of nitrogens with two attached hydrogens (primary N) is 1. The van der Waals surface area contributed by atoms with Gasteiger partial charge in [0.05, 0.1) is 15.9 Å². The first-order valence-electron chi connectivity index (χ1n) is 6.43. The van der Waals surface area contributed by atoms with Gasteiger partial charge in [-0.3, -0.25) is 0 Å². The fourth-order valence-corrected chi connectivity index (χ4v) is 3.76. The minimum atomic E-state index is -3.79. The van der Waals surface area contributed by atoms with E-state index in [0.717, 1.165) is 0 Å². The van der Waals surface area contributed by atoms with Crippen LogP contribution in [0.15, 0.2) is 17.0 Å². The average molecular weight is 335 g/mol. The minimum absolute atomic E-state index is 0.0219. The number of benzene rings is 1. The number of hydrogen-bond donors (Lipinski definition) is 1. The van der Waals surface area contributed by atoms with Crippen molar-refractivity contribution < 1.29 is 21.6 Å². The summed E-state index contributed by atoms with van der Waals surface area (Å²) in [6.45, 7) is 6.48. The third-order valence-corrected chi connectivity index (χ3v) is 6.46. The molecule has 0 amide bonds. The Labute approximate surface area is 126 Å². The van der Waals surface area contributed by atoms with E-state index in [0.29, 0.717) is 16.9 Å². The van der Waals surface area contributed by atoms with Crippen LogP contribution < -0.4 is 9.88 Å². The van der Waals surface area contributed by atoms with Gasteiger partial charge in [0, 0.05) is 0 Å². The van der Waals surface area contributed by atoms with Gasteiger partial charge in [-0.25, -0.2) is 22.0 Å². The highest BCUT2D eigenvalue weighted by Crippen LogP contribution is 2.24. The Morgan fingerprint density at radius 3 is 1.95 bits per heavy atom. The monoisotopic (exact) mass is 335 g/mol. The van der Waals surface area contributed by atoms with Gasteiger partial charge in [-0.05, 0) is 51.0 Å².